The summed E-state index contributed by atoms with van der Waals surface area (Å²) in [6.45, 7) is 2.69. The molecule has 0 spiro atoms. The fourth-order valence-electron chi connectivity index (χ4n) is 1.97. The second kappa shape index (κ2) is 6.21. The fourth-order valence-corrected chi connectivity index (χ4v) is 2.45. The Labute approximate surface area is 121 Å². The minimum Gasteiger partial charge on any atom is -0.380 e. The Morgan fingerprint density at radius 3 is 2.89 bits per heavy atom. The molecule has 19 heavy (non-hydrogen) atoms. The summed E-state index contributed by atoms with van der Waals surface area (Å²) in [7, 11) is 3.62. The van der Waals surface area contributed by atoms with E-state index in [9.17, 15) is 0 Å². The average molecular weight is 324 g/mol. The molecule has 0 bridgehead atoms. The smallest absolute Gasteiger partial charge is 0.0744 e. The Morgan fingerprint density at radius 2 is 2.26 bits per heavy atom. The van der Waals surface area contributed by atoms with Gasteiger partial charge in [0.1, 0.15) is 0 Å². The van der Waals surface area contributed by atoms with Crippen molar-refractivity contribution in [1.29, 1.82) is 0 Å². The minimum absolute atomic E-state index is 0.193. The Hall–Kier alpha value is -1.33. The zero-order valence-electron chi connectivity index (χ0n) is 11.4. The first-order chi connectivity index (χ1) is 9.11. The molecule has 0 aliphatic heterocycles. The van der Waals surface area contributed by atoms with Gasteiger partial charge in [0.15, 0.2) is 0 Å². The Balaban J connectivity index is 2.21. The summed E-state index contributed by atoms with van der Waals surface area (Å²) >= 11 is 3.56. The van der Waals surface area contributed by atoms with Crippen LogP contribution in [0.5, 0.6) is 0 Å². The van der Waals surface area contributed by atoms with Gasteiger partial charge in [-0.2, -0.15) is 5.10 Å². The van der Waals surface area contributed by atoms with Crippen LogP contribution in [0.1, 0.15) is 24.1 Å². The number of benzene rings is 1. The molecular weight excluding hydrogens is 306 g/mol. The van der Waals surface area contributed by atoms with E-state index >= 15 is 0 Å². The number of aromatic nitrogens is 2. The van der Waals surface area contributed by atoms with E-state index in [4.69, 9.17) is 4.74 Å². The van der Waals surface area contributed by atoms with Gasteiger partial charge < -0.3 is 10.1 Å². The van der Waals surface area contributed by atoms with Crippen molar-refractivity contribution in [2.24, 2.45) is 7.05 Å². The molecule has 0 saturated heterocycles. The van der Waals surface area contributed by atoms with Gasteiger partial charge in [-0.1, -0.05) is 22.0 Å². The summed E-state index contributed by atoms with van der Waals surface area (Å²) in [6.07, 6.45) is 3.90. The molecule has 4 nitrogen and oxygen atoms in total. The van der Waals surface area contributed by atoms with E-state index in [1.165, 1.54) is 0 Å². The molecule has 2 rings (SSSR count). The van der Waals surface area contributed by atoms with Gasteiger partial charge in [-0.15, -0.1) is 0 Å². The van der Waals surface area contributed by atoms with Crippen LogP contribution in [0, 0.1) is 0 Å². The molecule has 2 aromatic rings. The quantitative estimate of drug-likeness (QED) is 0.915. The number of aryl methyl sites for hydroxylation is 1. The molecule has 1 aromatic heterocycles. The van der Waals surface area contributed by atoms with Crippen molar-refractivity contribution in [2.45, 2.75) is 19.6 Å². The van der Waals surface area contributed by atoms with Gasteiger partial charge in [0.05, 0.1) is 18.8 Å². The molecule has 1 atom stereocenters. The highest BCUT2D eigenvalue weighted by molar-refractivity contribution is 9.10. The van der Waals surface area contributed by atoms with Crippen molar-refractivity contribution in [3.63, 3.8) is 0 Å². The van der Waals surface area contributed by atoms with Crippen molar-refractivity contribution >= 4 is 21.6 Å². The molecule has 102 valence electrons. The van der Waals surface area contributed by atoms with E-state index in [1.807, 2.05) is 36.3 Å². The van der Waals surface area contributed by atoms with Gasteiger partial charge >= 0.3 is 0 Å². The van der Waals surface area contributed by atoms with E-state index in [0.717, 1.165) is 21.3 Å². The third-order valence-electron chi connectivity index (χ3n) is 3.00. The number of hydrogen-bond donors (Lipinski definition) is 1. The lowest BCUT2D eigenvalue weighted by molar-refractivity contribution is 0.185. The largest absolute Gasteiger partial charge is 0.380 e. The van der Waals surface area contributed by atoms with Crippen molar-refractivity contribution in [1.82, 2.24) is 9.78 Å². The molecule has 1 unspecified atom stereocenters. The van der Waals surface area contributed by atoms with E-state index in [1.54, 1.807) is 7.11 Å². The molecular formula is C14H18BrN3O. The molecule has 0 fully saturated rings. The fraction of sp³-hybridized carbons (Fsp3) is 0.357. The number of rotatable bonds is 5. The molecule has 0 aliphatic carbocycles. The van der Waals surface area contributed by atoms with Crippen LogP contribution in [0.25, 0.3) is 0 Å². The Bertz CT molecular complexity index is 553. The van der Waals surface area contributed by atoms with Gasteiger partial charge in [0, 0.05) is 41.6 Å². The van der Waals surface area contributed by atoms with Crippen LogP contribution < -0.4 is 5.32 Å². The Kier molecular flexibility index (Phi) is 4.61. The standard InChI is InChI=1S/C14H18BrN3O/c1-10(11-7-16-18(2)8-11)17-14-6-4-5-13(15)12(14)9-19-3/h4-8,10,17H,9H2,1-3H3. The summed E-state index contributed by atoms with van der Waals surface area (Å²) in [6, 6.07) is 6.29. The summed E-state index contributed by atoms with van der Waals surface area (Å²) < 4.78 is 8.12. The number of nitrogens with zero attached hydrogens (tertiary/aromatic N) is 2. The molecule has 1 heterocycles. The number of halogens is 1. The lowest BCUT2D eigenvalue weighted by Crippen LogP contribution is -2.08. The summed E-state index contributed by atoms with van der Waals surface area (Å²) in [5.74, 6) is 0. The highest BCUT2D eigenvalue weighted by Crippen LogP contribution is 2.28. The van der Waals surface area contributed by atoms with Crippen molar-refractivity contribution in [3.05, 3.63) is 46.2 Å². The van der Waals surface area contributed by atoms with E-state index in [-0.39, 0.29) is 6.04 Å². The summed E-state index contributed by atoms with van der Waals surface area (Å²) in [4.78, 5) is 0. The van der Waals surface area contributed by atoms with Gasteiger partial charge in [-0.05, 0) is 19.1 Å². The second-order valence-corrected chi connectivity index (χ2v) is 5.37. The van der Waals surface area contributed by atoms with Crippen molar-refractivity contribution in [3.8, 4) is 0 Å². The zero-order chi connectivity index (χ0) is 13.8. The van der Waals surface area contributed by atoms with Crippen LogP contribution in [-0.4, -0.2) is 16.9 Å². The lowest BCUT2D eigenvalue weighted by atomic mass is 10.1. The van der Waals surface area contributed by atoms with Crippen molar-refractivity contribution in [2.75, 3.05) is 12.4 Å². The highest BCUT2D eigenvalue weighted by atomic mass is 79.9. The molecule has 1 aromatic carbocycles. The first kappa shape index (κ1) is 14.1. The van der Waals surface area contributed by atoms with Crippen LogP contribution in [0.4, 0.5) is 5.69 Å². The SMILES string of the molecule is COCc1c(Br)cccc1NC(C)c1cnn(C)c1. The zero-order valence-corrected chi connectivity index (χ0v) is 12.9. The monoisotopic (exact) mass is 323 g/mol. The maximum atomic E-state index is 5.25. The number of anilines is 1. The molecule has 0 radical (unpaired) electrons. The number of hydrogen-bond acceptors (Lipinski definition) is 3. The molecule has 0 amide bonds. The van der Waals surface area contributed by atoms with Crippen LogP contribution in [0.15, 0.2) is 35.1 Å². The van der Waals surface area contributed by atoms with E-state index in [2.05, 4.69) is 39.3 Å². The highest BCUT2D eigenvalue weighted by Gasteiger charge is 2.11. The number of methoxy groups -OCH3 is 1. The first-order valence-electron chi connectivity index (χ1n) is 6.13. The van der Waals surface area contributed by atoms with Gasteiger partial charge in [0.25, 0.3) is 0 Å². The number of ether oxygens (including phenoxy) is 1. The molecule has 5 heteroatoms. The molecule has 1 N–H and O–H groups in total. The molecule has 0 saturated carbocycles. The minimum atomic E-state index is 0.193. The predicted octanol–water partition coefficient (Wildman–Crippen LogP) is 3.50. The van der Waals surface area contributed by atoms with Gasteiger partial charge in [0.2, 0.25) is 0 Å². The third-order valence-corrected chi connectivity index (χ3v) is 3.75. The number of nitrogens with one attached hydrogen (secondary N) is 1. The summed E-state index contributed by atoms with van der Waals surface area (Å²) in [5.41, 5.74) is 3.36. The van der Waals surface area contributed by atoms with Crippen LogP contribution in [0.2, 0.25) is 0 Å². The third kappa shape index (κ3) is 3.36. The average Bonchev–Trinajstić information content (AvgIpc) is 2.80. The van der Waals surface area contributed by atoms with Crippen LogP contribution in [-0.2, 0) is 18.4 Å². The maximum Gasteiger partial charge on any atom is 0.0744 e. The molecule has 0 aliphatic rings. The second-order valence-electron chi connectivity index (χ2n) is 4.51. The predicted molar refractivity (Wildman–Crippen MR) is 80.1 cm³/mol. The van der Waals surface area contributed by atoms with E-state index < -0.39 is 0 Å². The van der Waals surface area contributed by atoms with Gasteiger partial charge in [-0.25, -0.2) is 0 Å². The van der Waals surface area contributed by atoms with E-state index in [0.29, 0.717) is 6.61 Å². The Morgan fingerprint density at radius 1 is 1.47 bits per heavy atom. The maximum absolute atomic E-state index is 5.25. The normalized spacial score (nSPS) is 12.4. The van der Waals surface area contributed by atoms with Crippen LogP contribution in [0.3, 0.4) is 0 Å². The topological polar surface area (TPSA) is 39.1 Å². The van der Waals surface area contributed by atoms with Crippen LogP contribution >= 0.6 is 15.9 Å². The first-order valence-corrected chi connectivity index (χ1v) is 6.92. The summed E-state index contributed by atoms with van der Waals surface area (Å²) in [5, 5.41) is 7.70. The van der Waals surface area contributed by atoms with Gasteiger partial charge in [-0.3, -0.25) is 4.68 Å². The van der Waals surface area contributed by atoms with Crippen molar-refractivity contribution < 1.29 is 4.74 Å². The lowest BCUT2D eigenvalue weighted by Gasteiger charge is -2.18.